The molecule has 1 amide bonds. The molecule has 1 aliphatic rings. The van der Waals surface area contributed by atoms with Crippen molar-refractivity contribution >= 4 is 5.91 Å². The molecule has 0 radical (unpaired) electrons. The van der Waals surface area contributed by atoms with E-state index in [0.29, 0.717) is 25.3 Å². The zero-order valence-corrected chi connectivity index (χ0v) is 12.2. The van der Waals surface area contributed by atoms with Crippen LogP contribution in [-0.4, -0.2) is 45.8 Å². The number of hydrogen-bond acceptors (Lipinski definition) is 4. The molecule has 2 aromatic heterocycles. The van der Waals surface area contributed by atoms with Crippen LogP contribution in [0.25, 0.3) is 0 Å². The van der Waals surface area contributed by atoms with E-state index in [4.69, 9.17) is 4.74 Å². The minimum Gasteiger partial charge on any atom is -0.384 e. The normalized spacial score (nSPS) is 17.6. The molecule has 6 nitrogen and oxygen atoms in total. The number of hydrogen-bond donors (Lipinski definition) is 0. The predicted octanol–water partition coefficient (Wildman–Crippen LogP) is 1.20. The summed E-state index contributed by atoms with van der Waals surface area (Å²) in [6.45, 7) is 1.79. The first-order valence-corrected chi connectivity index (χ1v) is 6.89. The SMILES string of the molecule is COCC1CN(C(=O)c2cccnc2)Cc2cnn(C)c21. The van der Waals surface area contributed by atoms with Gasteiger partial charge in [-0.15, -0.1) is 0 Å². The lowest BCUT2D eigenvalue weighted by atomic mass is 9.96. The molecule has 1 atom stereocenters. The number of carbonyl (C=O) groups is 1. The first-order valence-electron chi connectivity index (χ1n) is 6.89. The highest BCUT2D eigenvalue weighted by atomic mass is 16.5. The molecule has 0 spiro atoms. The number of methoxy groups -OCH3 is 1. The Balaban J connectivity index is 1.88. The van der Waals surface area contributed by atoms with Gasteiger partial charge in [0, 0.05) is 51.1 Å². The fourth-order valence-electron chi connectivity index (χ4n) is 2.92. The van der Waals surface area contributed by atoms with Crippen molar-refractivity contribution in [1.29, 1.82) is 0 Å². The number of carbonyl (C=O) groups excluding carboxylic acids is 1. The molecule has 0 aliphatic carbocycles. The molecule has 21 heavy (non-hydrogen) atoms. The maximum absolute atomic E-state index is 12.6. The lowest BCUT2D eigenvalue weighted by molar-refractivity contribution is 0.0675. The highest BCUT2D eigenvalue weighted by Crippen LogP contribution is 2.28. The van der Waals surface area contributed by atoms with Crippen LogP contribution in [0.4, 0.5) is 0 Å². The summed E-state index contributed by atoms with van der Waals surface area (Å²) in [5.74, 6) is 0.144. The Bertz CT molecular complexity index is 638. The van der Waals surface area contributed by atoms with E-state index >= 15 is 0 Å². The Labute approximate surface area is 123 Å². The average molecular weight is 286 g/mol. The molecule has 0 saturated carbocycles. The zero-order valence-electron chi connectivity index (χ0n) is 12.2. The second kappa shape index (κ2) is 5.65. The van der Waals surface area contributed by atoms with Gasteiger partial charge in [-0.05, 0) is 12.1 Å². The molecule has 3 rings (SSSR count). The Morgan fingerprint density at radius 3 is 3.05 bits per heavy atom. The van der Waals surface area contributed by atoms with E-state index in [1.807, 2.05) is 22.8 Å². The Hall–Kier alpha value is -2.21. The third-order valence-corrected chi connectivity index (χ3v) is 3.82. The third-order valence-electron chi connectivity index (χ3n) is 3.82. The number of ether oxygens (including phenoxy) is 1. The van der Waals surface area contributed by atoms with Gasteiger partial charge in [0.15, 0.2) is 0 Å². The summed E-state index contributed by atoms with van der Waals surface area (Å²) in [6, 6.07) is 3.57. The van der Waals surface area contributed by atoms with E-state index in [2.05, 4.69) is 10.1 Å². The molecule has 0 N–H and O–H groups in total. The second-order valence-electron chi connectivity index (χ2n) is 5.26. The van der Waals surface area contributed by atoms with Gasteiger partial charge in [0.25, 0.3) is 5.91 Å². The summed E-state index contributed by atoms with van der Waals surface area (Å²) in [5.41, 5.74) is 2.86. The van der Waals surface area contributed by atoms with Gasteiger partial charge in [-0.3, -0.25) is 14.5 Å². The summed E-state index contributed by atoms with van der Waals surface area (Å²) >= 11 is 0. The Kier molecular flexibility index (Phi) is 3.70. The maximum atomic E-state index is 12.6. The van der Waals surface area contributed by atoms with Gasteiger partial charge in [0.2, 0.25) is 0 Å². The number of aromatic nitrogens is 3. The van der Waals surface area contributed by atoms with Crippen molar-refractivity contribution in [3.05, 3.63) is 47.5 Å². The van der Waals surface area contributed by atoms with E-state index < -0.39 is 0 Å². The van der Waals surface area contributed by atoms with Crippen molar-refractivity contribution in [2.45, 2.75) is 12.5 Å². The van der Waals surface area contributed by atoms with Crippen LogP contribution in [0.2, 0.25) is 0 Å². The monoisotopic (exact) mass is 286 g/mol. The summed E-state index contributed by atoms with van der Waals surface area (Å²) in [7, 11) is 3.61. The number of aryl methyl sites for hydroxylation is 1. The van der Waals surface area contributed by atoms with Crippen LogP contribution in [0.5, 0.6) is 0 Å². The zero-order chi connectivity index (χ0) is 14.8. The summed E-state index contributed by atoms with van der Waals surface area (Å²) in [5, 5.41) is 4.31. The average Bonchev–Trinajstić information content (AvgIpc) is 2.89. The molecule has 1 unspecified atom stereocenters. The van der Waals surface area contributed by atoms with E-state index in [1.54, 1.807) is 31.6 Å². The Morgan fingerprint density at radius 1 is 1.48 bits per heavy atom. The van der Waals surface area contributed by atoms with Crippen LogP contribution < -0.4 is 0 Å². The van der Waals surface area contributed by atoms with Gasteiger partial charge in [0.05, 0.1) is 24.1 Å². The first-order chi connectivity index (χ1) is 10.2. The molecule has 3 heterocycles. The maximum Gasteiger partial charge on any atom is 0.255 e. The largest absolute Gasteiger partial charge is 0.384 e. The third kappa shape index (κ3) is 2.54. The van der Waals surface area contributed by atoms with Gasteiger partial charge in [0.1, 0.15) is 0 Å². The predicted molar refractivity (Wildman–Crippen MR) is 76.8 cm³/mol. The van der Waals surface area contributed by atoms with Crippen molar-refractivity contribution in [2.24, 2.45) is 7.05 Å². The summed E-state index contributed by atoms with van der Waals surface area (Å²) in [6.07, 6.45) is 5.10. The highest BCUT2D eigenvalue weighted by Gasteiger charge is 2.31. The minimum absolute atomic E-state index is 0.00120. The van der Waals surface area contributed by atoms with Gasteiger partial charge < -0.3 is 9.64 Å². The standard InChI is InChI=1S/C15H18N4O2/c1-18-14-12(7-17-18)8-19(9-13(14)10-21-2)15(20)11-4-3-5-16-6-11/h3-7,13H,8-10H2,1-2H3. The molecule has 0 saturated heterocycles. The molecular formula is C15H18N4O2. The molecule has 6 heteroatoms. The molecule has 0 aromatic carbocycles. The van der Waals surface area contributed by atoms with Gasteiger partial charge in [-0.2, -0.15) is 5.10 Å². The van der Waals surface area contributed by atoms with Crippen molar-refractivity contribution < 1.29 is 9.53 Å². The lowest BCUT2D eigenvalue weighted by Crippen LogP contribution is -2.40. The minimum atomic E-state index is -0.00120. The van der Waals surface area contributed by atoms with Crippen LogP contribution in [-0.2, 0) is 18.3 Å². The molecule has 1 aliphatic heterocycles. The van der Waals surface area contributed by atoms with E-state index in [1.165, 1.54) is 0 Å². The van der Waals surface area contributed by atoms with Crippen molar-refractivity contribution in [3.63, 3.8) is 0 Å². The van der Waals surface area contributed by atoms with Gasteiger partial charge in [-0.1, -0.05) is 0 Å². The number of amides is 1. The van der Waals surface area contributed by atoms with Crippen molar-refractivity contribution in [3.8, 4) is 0 Å². The van der Waals surface area contributed by atoms with Crippen LogP contribution in [0.3, 0.4) is 0 Å². The number of nitrogens with zero attached hydrogens (tertiary/aromatic N) is 4. The van der Waals surface area contributed by atoms with Crippen LogP contribution in [0.15, 0.2) is 30.7 Å². The topological polar surface area (TPSA) is 60.2 Å². The van der Waals surface area contributed by atoms with E-state index in [0.717, 1.165) is 11.3 Å². The van der Waals surface area contributed by atoms with E-state index in [9.17, 15) is 4.79 Å². The quantitative estimate of drug-likeness (QED) is 0.850. The van der Waals surface area contributed by atoms with Gasteiger partial charge in [-0.25, -0.2) is 0 Å². The fraction of sp³-hybridized carbons (Fsp3) is 0.400. The molecule has 2 aromatic rings. The van der Waals surface area contributed by atoms with Crippen LogP contribution >= 0.6 is 0 Å². The number of rotatable bonds is 3. The van der Waals surface area contributed by atoms with Crippen LogP contribution in [0.1, 0.15) is 27.5 Å². The van der Waals surface area contributed by atoms with Crippen molar-refractivity contribution in [1.82, 2.24) is 19.7 Å². The first kappa shape index (κ1) is 13.8. The van der Waals surface area contributed by atoms with E-state index in [-0.39, 0.29) is 11.8 Å². The summed E-state index contributed by atoms with van der Waals surface area (Å²) < 4.78 is 7.18. The molecule has 110 valence electrons. The number of fused-ring (bicyclic) bond motifs is 1. The van der Waals surface area contributed by atoms with Gasteiger partial charge >= 0.3 is 0 Å². The summed E-state index contributed by atoms with van der Waals surface area (Å²) in [4.78, 5) is 18.4. The smallest absolute Gasteiger partial charge is 0.255 e. The van der Waals surface area contributed by atoms with Crippen LogP contribution in [0, 0.1) is 0 Å². The lowest BCUT2D eigenvalue weighted by Gasteiger charge is -2.32. The molecule has 0 bridgehead atoms. The Morgan fingerprint density at radius 2 is 2.33 bits per heavy atom. The number of pyridine rings is 1. The van der Waals surface area contributed by atoms with Crippen molar-refractivity contribution in [2.75, 3.05) is 20.3 Å². The fourth-order valence-corrected chi connectivity index (χ4v) is 2.92. The second-order valence-corrected chi connectivity index (χ2v) is 5.26. The molecule has 0 fully saturated rings. The highest BCUT2D eigenvalue weighted by molar-refractivity contribution is 5.94. The molecular weight excluding hydrogens is 268 g/mol.